The zero-order valence-corrected chi connectivity index (χ0v) is 21.0. The molecule has 1 heterocycles. The number of sulfone groups is 1. The summed E-state index contributed by atoms with van der Waals surface area (Å²) in [5.41, 5.74) is 0. The van der Waals surface area contributed by atoms with E-state index in [4.69, 9.17) is 0 Å². The summed E-state index contributed by atoms with van der Waals surface area (Å²) in [7, 11) is 0.663. The molecule has 1 amide bonds. The lowest BCUT2D eigenvalue weighted by Gasteiger charge is -2.25. The Morgan fingerprint density at radius 2 is 2.04 bits per heavy atom. The van der Waals surface area contributed by atoms with Gasteiger partial charge < -0.3 is 15.5 Å². The van der Waals surface area contributed by atoms with Gasteiger partial charge in [-0.05, 0) is 46.1 Å². The maximum atomic E-state index is 12.2. The fourth-order valence-electron chi connectivity index (χ4n) is 3.15. The first-order valence-corrected chi connectivity index (χ1v) is 11.9. The van der Waals surface area contributed by atoms with Crippen molar-refractivity contribution in [3.8, 4) is 0 Å². The zero-order chi connectivity index (χ0) is 20.4. The Hall–Kier alpha value is -0.620. The molecule has 166 valence electrons. The van der Waals surface area contributed by atoms with Crippen molar-refractivity contribution in [3.63, 3.8) is 0 Å². The number of likely N-dealkylation sites (tertiary alicyclic amines) is 1. The van der Waals surface area contributed by atoms with E-state index in [9.17, 15) is 13.2 Å². The molecule has 28 heavy (non-hydrogen) atoms. The summed E-state index contributed by atoms with van der Waals surface area (Å²) in [6.07, 6.45) is 4.68. The molecule has 1 fully saturated rings. The summed E-state index contributed by atoms with van der Waals surface area (Å²) in [6, 6.07) is 0.0320. The number of guanidine groups is 1. The summed E-state index contributed by atoms with van der Waals surface area (Å²) >= 11 is 0. The van der Waals surface area contributed by atoms with E-state index in [1.807, 2.05) is 27.9 Å². The number of halogens is 1. The molecule has 0 saturated carbocycles. The Labute approximate surface area is 187 Å². The molecule has 0 spiro atoms. The summed E-state index contributed by atoms with van der Waals surface area (Å²) in [5, 5.41) is 6.46. The smallest absolute Gasteiger partial charge is 0.239 e. The van der Waals surface area contributed by atoms with Gasteiger partial charge >= 0.3 is 0 Å². The minimum atomic E-state index is -2.95. The molecule has 1 saturated heterocycles. The molecule has 8 nitrogen and oxygen atoms in total. The lowest BCUT2D eigenvalue weighted by Crippen LogP contribution is -2.43. The summed E-state index contributed by atoms with van der Waals surface area (Å²) in [5.74, 6) is 1.06. The van der Waals surface area contributed by atoms with Crippen LogP contribution in [-0.2, 0) is 14.6 Å². The number of hydrogen-bond donors (Lipinski definition) is 2. The van der Waals surface area contributed by atoms with Gasteiger partial charge in [-0.1, -0.05) is 0 Å². The van der Waals surface area contributed by atoms with E-state index >= 15 is 0 Å². The number of nitrogens with one attached hydrogen (secondary N) is 2. The molecule has 0 radical (unpaired) electrons. The summed E-state index contributed by atoms with van der Waals surface area (Å²) in [4.78, 5) is 20.7. The van der Waals surface area contributed by atoms with E-state index in [2.05, 4.69) is 20.5 Å². The van der Waals surface area contributed by atoms with Crippen LogP contribution in [0.3, 0.4) is 0 Å². The molecule has 0 aromatic carbocycles. The molecule has 1 aliphatic rings. The molecular formula is C18H38IN5O3S. The van der Waals surface area contributed by atoms with Gasteiger partial charge in [0.05, 0.1) is 11.8 Å². The normalized spacial score (nSPS) is 19.0. The van der Waals surface area contributed by atoms with Crippen molar-refractivity contribution in [1.29, 1.82) is 0 Å². The van der Waals surface area contributed by atoms with Crippen LogP contribution in [0.5, 0.6) is 0 Å². The fourth-order valence-corrected chi connectivity index (χ4v) is 3.93. The van der Waals surface area contributed by atoms with Gasteiger partial charge in [-0.2, -0.15) is 0 Å². The number of rotatable bonds is 10. The molecule has 10 heteroatoms. The van der Waals surface area contributed by atoms with Crippen molar-refractivity contribution < 1.29 is 13.2 Å². The Morgan fingerprint density at radius 3 is 2.61 bits per heavy atom. The van der Waals surface area contributed by atoms with Crippen LogP contribution in [0.25, 0.3) is 0 Å². The van der Waals surface area contributed by atoms with Crippen LogP contribution in [0.2, 0.25) is 0 Å². The Morgan fingerprint density at radius 1 is 1.36 bits per heavy atom. The Kier molecular flexibility index (Phi) is 13.3. The third-order valence-electron chi connectivity index (χ3n) is 4.61. The SMILES string of the molecule is CCNC(=NCCCN1CCCC1C(=O)N(C)C)NC(C)CCS(C)(=O)=O.I. The minimum Gasteiger partial charge on any atom is -0.357 e. The van der Waals surface area contributed by atoms with Crippen molar-refractivity contribution in [2.24, 2.45) is 4.99 Å². The maximum Gasteiger partial charge on any atom is 0.239 e. The topological polar surface area (TPSA) is 94.1 Å². The van der Waals surface area contributed by atoms with Crippen LogP contribution >= 0.6 is 24.0 Å². The third kappa shape index (κ3) is 10.8. The van der Waals surface area contributed by atoms with Crippen LogP contribution in [0, 0.1) is 0 Å². The van der Waals surface area contributed by atoms with Crippen LogP contribution in [0.1, 0.15) is 39.5 Å². The highest BCUT2D eigenvalue weighted by molar-refractivity contribution is 14.0. The van der Waals surface area contributed by atoms with Crippen molar-refractivity contribution in [2.45, 2.75) is 51.6 Å². The highest BCUT2D eigenvalue weighted by atomic mass is 127. The first kappa shape index (κ1) is 27.4. The molecular weight excluding hydrogens is 493 g/mol. The van der Waals surface area contributed by atoms with E-state index in [1.165, 1.54) is 6.26 Å². The molecule has 2 atom stereocenters. The molecule has 0 aromatic heterocycles. The predicted molar refractivity (Wildman–Crippen MR) is 126 cm³/mol. The van der Waals surface area contributed by atoms with Crippen LogP contribution in [-0.4, -0.2) is 94.5 Å². The second-order valence-corrected chi connectivity index (χ2v) is 9.76. The predicted octanol–water partition coefficient (Wildman–Crippen LogP) is 0.925. The van der Waals surface area contributed by atoms with E-state index in [0.29, 0.717) is 18.9 Å². The summed E-state index contributed by atoms with van der Waals surface area (Å²) < 4.78 is 22.6. The second-order valence-electron chi connectivity index (χ2n) is 7.50. The highest BCUT2D eigenvalue weighted by Crippen LogP contribution is 2.18. The van der Waals surface area contributed by atoms with Gasteiger partial charge in [0.25, 0.3) is 0 Å². The zero-order valence-electron chi connectivity index (χ0n) is 17.9. The standard InChI is InChI=1S/C18H37N5O3S.HI/c1-6-19-18(21-15(2)10-14-27(5,25)26)20-11-8-13-23-12-7-9-16(23)17(24)22(3)4;/h15-16H,6-14H2,1-5H3,(H2,19,20,21);1H. The van der Waals surface area contributed by atoms with Crippen LogP contribution < -0.4 is 10.6 Å². The minimum absolute atomic E-state index is 0. The van der Waals surface area contributed by atoms with Crippen molar-refractivity contribution in [1.82, 2.24) is 20.4 Å². The maximum absolute atomic E-state index is 12.2. The van der Waals surface area contributed by atoms with E-state index in [-0.39, 0.29) is 47.7 Å². The number of nitrogens with zero attached hydrogens (tertiary/aromatic N) is 3. The van der Waals surface area contributed by atoms with Gasteiger partial charge in [-0.3, -0.25) is 14.7 Å². The lowest BCUT2D eigenvalue weighted by molar-refractivity contribution is -0.133. The Balaban J connectivity index is 0.00000729. The van der Waals surface area contributed by atoms with Crippen LogP contribution in [0.4, 0.5) is 0 Å². The number of hydrogen-bond acceptors (Lipinski definition) is 5. The fraction of sp³-hybridized carbons (Fsp3) is 0.889. The van der Waals surface area contributed by atoms with Crippen molar-refractivity contribution in [3.05, 3.63) is 0 Å². The molecule has 0 bridgehead atoms. The number of aliphatic imine (C=N–C) groups is 1. The largest absolute Gasteiger partial charge is 0.357 e. The molecule has 1 rings (SSSR count). The van der Waals surface area contributed by atoms with E-state index in [1.54, 1.807) is 4.90 Å². The molecule has 1 aliphatic heterocycles. The third-order valence-corrected chi connectivity index (χ3v) is 5.59. The van der Waals surface area contributed by atoms with Crippen molar-refractivity contribution >= 4 is 45.7 Å². The molecule has 2 N–H and O–H groups in total. The van der Waals surface area contributed by atoms with Gasteiger partial charge in [0.2, 0.25) is 5.91 Å². The number of amides is 1. The van der Waals surface area contributed by atoms with E-state index < -0.39 is 9.84 Å². The molecule has 0 aliphatic carbocycles. The second kappa shape index (κ2) is 13.6. The van der Waals surface area contributed by atoms with Crippen LogP contribution in [0.15, 0.2) is 4.99 Å². The van der Waals surface area contributed by atoms with Gasteiger partial charge in [-0.15, -0.1) is 24.0 Å². The van der Waals surface area contributed by atoms with Gasteiger partial charge in [-0.25, -0.2) is 8.42 Å². The number of carbonyl (C=O) groups is 1. The van der Waals surface area contributed by atoms with Gasteiger partial charge in [0.15, 0.2) is 5.96 Å². The van der Waals surface area contributed by atoms with Gasteiger partial charge in [0.1, 0.15) is 9.84 Å². The first-order chi connectivity index (χ1) is 12.6. The average molecular weight is 532 g/mol. The Bertz CT molecular complexity index is 598. The number of likely N-dealkylation sites (N-methyl/N-ethyl adjacent to an activating group) is 1. The quantitative estimate of drug-likeness (QED) is 0.189. The summed E-state index contributed by atoms with van der Waals surface area (Å²) in [6.45, 7) is 7.19. The molecule has 2 unspecified atom stereocenters. The lowest BCUT2D eigenvalue weighted by atomic mass is 10.2. The average Bonchev–Trinajstić information content (AvgIpc) is 3.04. The van der Waals surface area contributed by atoms with Gasteiger partial charge in [0, 0.05) is 46.0 Å². The van der Waals surface area contributed by atoms with Crippen molar-refractivity contribution in [2.75, 3.05) is 52.3 Å². The number of carbonyl (C=O) groups excluding carboxylic acids is 1. The monoisotopic (exact) mass is 531 g/mol. The first-order valence-electron chi connectivity index (χ1n) is 9.81. The highest BCUT2D eigenvalue weighted by Gasteiger charge is 2.30. The van der Waals surface area contributed by atoms with E-state index in [0.717, 1.165) is 38.9 Å². The molecule has 0 aromatic rings.